The van der Waals surface area contributed by atoms with Crippen molar-refractivity contribution in [3.8, 4) is 11.5 Å². The number of benzene rings is 2. The van der Waals surface area contributed by atoms with Crippen molar-refractivity contribution in [2.45, 2.75) is 13.0 Å². The topological polar surface area (TPSA) is 95.1 Å². The molecule has 1 amide bonds. The molecule has 0 saturated carbocycles. The maximum Gasteiger partial charge on any atom is 0.248 e. The fourth-order valence-electron chi connectivity index (χ4n) is 3.09. The van der Waals surface area contributed by atoms with Crippen molar-refractivity contribution < 1.29 is 9.53 Å². The summed E-state index contributed by atoms with van der Waals surface area (Å²) >= 11 is 0. The molecule has 2 heterocycles. The smallest absolute Gasteiger partial charge is 0.248 e. The molecule has 0 fully saturated rings. The number of fused-ring (bicyclic) bond motifs is 1. The van der Waals surface area contributed by atoms with Gasteiger partial charge >= 0.3 is 0 Å². The first-order chi connectivity index (χ1) is 12.6. The molecule has 1 aliphatic rings. The zero-order chi connectivity index (χ0) is 18.1. The lowest BCUT2D eigenvalue weighted by Crippen LogP contribution is -2.31. The molecule has 0 aliphatic carbocycles. The number of hydrogen-bond donors (Lipinski definition) is 2. The van der Waals surface area contributed by atoms with Crippen LogP contribution in [0.25, 0.3) is 0 Å². The van der Waals surface area contributed by atoms with E-state index in [1.54, 1.807) is 11.6 Å². The van der Waals surface area contributed by atoms with Crippen LogP contribution in [0.2, 0.25) is 0 Å². The Hall–Kier alpha value is -3.61. The summed E-state index contributed by atoms with van der Waals surface area (Å²) in [7, 11) is 0. The van der Waals surface area contributed by atoms with Gasteiger partial charge in [-0.1, -0.05) is 30.3 Å². The van der Waals surface area contributed by atoms with Crippen LogP contribution in [0.1, 0.15) is 18.5 Å². The molecule has 0 bridgehead atoms. The van der Waals surface area contributed by atoms with Crippen LogP contribution in [0.15, 0.2) is 72.2 Å². The molecule has 7 nitrogen and oxygen atoms in total. The van der Waals surface area contributed by atoms with Gasteiger partial charge in [-0.15, -0.1) is 0 Å². The summed E-state index contributed by atoms with van der Waals surface area (Å²) in [5.41, 5.74) is 7.59. The average Bonchev–Trinajstić information content (AvgIpc) is 3.09. The number of allylic oxidation sites excluding steroid dienone is 1. The lowest BCUT2D eigenvalue weighted by atomic mass is 9.95. The molecule has 0 unspecified atom stereocenters. The molecule has 0 spiro atoms. The fraction of sp³-hybridized carbons (Fsp3) is 0.105. The second-order valence-corrected chi connectivity index (χ2v) is 5.95. The summed E-state index contributed by atoms with van der Waals surface area (Å²) in [4.78, 5) is 16.3. The molecular formula is C19H17N5O2. The van der Waals surface area contributed by atoms with Crippen molar-refractivity contribution in [3.63, 3.8) is 0 Å². The highest BCUT2D eigenvalue weighted by atomic mass is 16.5. The Morgan fingerprint density at radius 2 is 1.92 bits per heavy atom. The molecular weight excluding hydrogens is 330 g/mol. The first kappa shape index (κ1) is 15.9. The van der Waals surface area contributed by atoms with E-state index in [4.69, 9.17) is 10.5 Å². The summed E-state index contributed by atoms with van der Waals surface area (Å²) < 4.78 is 7.56. The van der Waals surface area contributed by atoms with E-state index in [0.29, 0.717) is 23.0 Å². The van der Waals surface area contributed by atoms with Crippen LogP contribution in [0, 0.1) is 0 Å². The quantitative estimate of drug-likeness (QED) is 0.757. The van der Waals surface area contributed by atoms with Gasteiger partial charge in [-0.2, -0.15) is 10.1 Å². The third-order valence-electron chi connectivity index (χ3n) is 4.21. The summed E-state index contributed by atoms with van der Waals surface area (Å²) in [6, 6.07) is 16.6. The van der Waals surface area contributed by atoms with Crippen molar-refractivity contribution in [2.75, 3.05) is 5.32 Å². The van der Waals surface area contributed by atoms with Gasteiger partial charge in [0, 0.05) is 5.70 Å². The summed E-state index contributed by atoms with van der Waals surface area (Å²) in [5.74, 6) is 1.45. The number of carbonyl (C=O) groups excluding carboxylic acids is 1. The number of ether oxygens (including phenoxy) is 1. The zero-order valence-electron chi connectivity index (χ0n) is 14.1. The van der Waals surface area contributed by atoms with Gasteiger partial charge in [0.1, 0.15) is 23.9 Å². The van der Waals surface area contributed by atoms with Gasteiger partial charge in [-0.25, -0.2) is 4.68 Å². The standard InChI is InChI=1S/C19H17N5O2/c1-12-16(18(20)25)17(24-19(23-12)21-11-22-24)13-6-5-9-15(10-13)26-14-7-3-2-4-8-14/h2-11,17H,1H3,(H2,20,25)(H,21,22,23)/t17-/m0/s1. The van der Waals surface area contributed by atoms with Gasteiger partial charge in [-0.05, 0) is 36.8 Å². The molecule has 3 aromatic rings. The number of para-hydroxylation sites is 1. The average molecular weight is 347 g/mol. The molecule has 1 aliphatic heterocycles. The van der Waals surface area contributed by atoms with Crippen LogP contribution in [-0.4, -0.2) is 20.7 Å². The van der Waals surface area contributed by atoms with Crippen molar-refractivity contribution in [2.24, 2.45) is 5.73 Å². The van der Waals surface area contributed by atoms with Crippen LogP contribution >= 0.6 is 0 Å². The first-order valence-corrected chi connectivity index (χ1v) is 8.13. The fourth-order valence-corrected chi connectivity index (χ4v) is 3.09. The monoisotopic (exact) mass is 347 g/mol. The van der Waals surface area contributed by atoms with E-state index in [1.165, 1.54) is 6.33 Å². The van der Waals surface area contributed by atoms with E-state index in [-0.39, 0.29) is 0 Å². The van der Waals surface area contributed by atoms with E-state index in [1.807, 2.05) is 54.6 Å². The Morgan fingerprint density at radius 3 is 2.69 bits per heavy atom. The number of rotatable bonds is 4. The Bertz CT molecular complexity index is 994. The van der Waals surface area contributed by atoms with Gasteiger partial charge in [0.05, 0.1) is 5.57 Å². The van der Waals surface area contributed by atoms with E-state index < -0.39 is 11.9 Å². The number of nitrogens with two attached hydrogens (primary N) is 1. The van der Waals surface area contributed by atoms with Crippen LogP contribution in [-0.2, 0) is 4.79 Å². The van der Waals surface area contributed by atoms with Gasteiger partial charge < -0.3 is 15.8 Å². The molecule has 7 heteroatoms. The lowest BCUT2D eigenvalue weighted by Gasteiger charge is -2.27. The molecule has 1 atom stereocenters. The van der Waals surface area contributed by atoms with E-state index >= 15 is 0 Å². The van der Waals surface area contributed by atoms with Crippen LogP contribution in [0.4, 0.5) is 5.95 Å². The summed E-state index contributed by atoms with van der Waals surface area (Å²) in [6.07, 6.45) is 1.44. The number of hydrogen-bond acceptors (Lipinski definition) is 5. The number of nitrogens with zero attached hydrogens (tertiary/aromatic N) is 3. The minimum atomic E-state index is -0.504. The van der Waals surface area contributed by atoms with E-state index in [9.17, 15) is 4.79 Å². The predicted molar refractivity (Wildman–Crippen MR) is 96.6 cm³/mol. The Kier molecular flexibility index (Phi) is 3.89. The Labute approximate surface area is 150 Å². The molecule has 4 rings (SSSR count). The number of anilines is 1. The van der Waals surface area contributed by atoms with Gasteiger partial charge in [0.25, 0.3) is 0 Å². The maximum atomic E-state index is 12.1. The van der Waals surface area contributed by atoms with Gasteiger partial charge in [0.15, 0.2) is 0 Å². The number of carbonyl (C=O) groups is 1. The highest BCUT2D eigenvalue weighted by Gasteiger charge is 2.32. The summed E-state index contributed by atoms with van der Waals surface area (Å²) in [6.45, 7) is 1.80. The van der Waals surface area contributed by atoms with Crippen molar-refractivity contribution >= 4 is 11.9 Å². The van der Waals surface area contributed by atoms with E-state index in [0.717, 1.165) is 11.3 Å². The molecule has 0 radical (unpaired) electrons. The number of nitrogens with one attached hydrogen (secondary N) is 1. The van der Waals surface area contributed by atoms with Crippen molar-refractivity contribution in [3.05, 3.63) is 77.8 Å². The van der Waals surface area contributed by atoms with Gasteiger partial charge in [0.2, 0.25) is 11.9 Å². The molecule has 0 saturated heterocycles. The highest BCUT2D eigenvalue weighted by molar-refractivity contribution is 5.95. The van der Waals surface area contributed by atoms with Crippen molar-refractivity contribution in [1.82, 2.24) is 14.8 Å². The van der Waals surface area contributed by atoms with Crippen LogP contribution in [0.5, 0.6) is 11.5 Å². The lowest BCUT2D eigenvalue weighted by molar-refractivity contribution is -0.115. The van der Waals surface area contributed by atoms with Crippen LogP contribution in [0.3, 0.4) is 0 Å². The molecule has 130 valence electrons. The normalized spacial score (nSPS) is 16.0. The van der Waals surface area contributed by atoms with Crippen molar-refractivity contribution in [1.29, 1.82) is 0 Å². The largest absolute Gasteiger partial charge is 0.457 e. The molecule has 3 N–H and O–H groups in total. The van der Waals surface area contributed by atoms with Gasteiger partial charge in [-0.3, -0.25) is 4.79 Å². The molecule has 26 heavy (non-hydrogen) atoms. The predicted octanol–water partition coefficient (Wildman–Crippen LogP) is 2.84. The number of aromatic nitrogens is 3. The van der Waals surface area contributed by atoms with E-state index in [2.05, 4.69) is 15.4 Å². The first-order valence-electron chi connectivity index (χ1n) is 8.13. The SMILES string of the molecule is CC1=C(C(N)=O)[C@H](c2cccc(Oc3ccccc3)c2)n2ncnc2N1. The van der Waals surface area contributed by atoms with Crippen LogP contribution < -0.4 is 15.8 Å². The molecule has 2 aromatic carbocycles. The molecule has 1 aromatic heterocycles. The third kappa shape index (κ3) is 2.79. The minimum Gasteiger partial charge on any atom is -0.457 e. The third-order valence-corrected chi connectivity index (χ3v) is 4.21. The minimum absolute atomic E-state index is 0.444. The Balaban J connectivity index is 1.77. The number of primary amides is 1. The second kappa shape index (κ2) is 6.36. The zero-order valence-corrected chi connectivity index (χ0v) is 14.1. The maximum absolute atomic E-state index is 12.1. The summed E-state index contributed by atoms with van der Waals surface area (Å²) in [5, 5.41) is 7.32. The Morgan fingerprint density at radius 1 is 1.15 bits per heavy atom. The highest BCUT2D eigenvalue weighted by Crippen LogP contribution is 2.36. The second-order valence-electron chi connectivity index (χ2n) is 5.95. The number of amides is 1.